The standard InChI is InChI=1S/C30H25NO4/c32-27(9-2-19-3-10-29-30(15-19)35-18-34-29)22-7-5-21(6-8-22)25-16-26(25)28(33)14-20-1-4-24-17-31-12-11-23(24)13-20/h1,3-8,10-13,15,17,25-26H,2,9,14,16,18H2/t25-,26+/m0/s1. The number of Topliss-reactive ketones (excluding diaryl/α,β-unsaturated/α-hetero) is 2. The van der Waals surface area contributed by atoms with Crippen molar-refractivity contribution in [2.24, 2.45) is 5.92 Å². The Morgan fingerprint density at radius 3 is 2.57 bits per heavy atom. The zero-order valence-corrected chi connectivity index (χ0v) is 19.3. The van der Waals surface area contributed by atoms with Gasteiger partial charge < -0.3 is 9.47 Å². The third-order valence-corrected chi connectivity index (χ3v) is 7.03. The first-order valence-corrected chi connectivity index (χ1v) is 12.0. The molecule has 1 saturated carbocycles. The van der Waals surface area contributed by atoms with Crippen LogP contribution in [0.5, 0.6) is 11.5 Å². The van der Waals surface area contributed by atoms with Gasteiger partial charge in [-0.1, -0.05) is 48.5 Å². The Bertz CT molecular complexity index is 1430. The number of pyridine rings is 1. The van der Waals surface area contributed by atoms with Crippen LogP contribution in [0.4, 0.5) is 0 Å². The monoisotopic (exact) mass is 463 g/mol. The maximum Gasteiger partial charge on any atom is 0.231 e. The summed E-state index contributed by atoms with van der Waals surface area (Å²) in [5.74, 6) is 2.21. The zero-order valence-electron chi connectivity index (χ0n) is 19.3. The van der Waals surface area contributed by atoms with Crippen molar-refractivity contribution in [3.8, 4) is 11.5 Å². The van der Waals surface area contributed by atoms with Crippen molar-refractivity contribution < 1.29 is 19.1 Å². The first-order valence-electron chi connectivity index (χ1n) is 12.0. The maximum absolute atomic E-state index is 12.9. The molecule has 1 aromatic heterocycles. The van der Waals surface area contributed by atoms with E-state index in [4.69, 9.17) is 9.47 Å². The van der Waals surface area contributed by atoms with E-state index in [9.17, 15) is 9.59 Å². The first-order chi connectivity index (χ1) is 17.1. The number of ketones is 2. The summed E-state index contributed by atoms with van der Waals surface area (Å²) < 4.78 is 10.8. The summed E-state index contributed by atoms with van der Waals surface area (Å²) in [4.78, 5) is 29.7. The molecule has 2 atom stereocenters. The Labute approximate surface area is 203 Å². The first kappa shape index (κ1) is 21.5. The molecule has 4 aromatic rings. The summed E-state index contributed by atoms with van der Waals surface area (Å²) in [6.07, 6.45) is 6.04. The predicted octanol–water partition coefficient (Wildman–Crippen LogP) is 5.69. The van der Waals surface area contributed by atoms with Crippen LogP contribution in [0, 0.1) is 5.92 Å². The van der Waals surface area contributed by atoms with E-state index in [0.29, 0.717) is 24.8 Å². The van der Waals surface area contributed by atoms with Gasteiger partial charge in [0, 0.05) is 42.1 Å². The van der Waals surface area contributed by atoms with E-state index in [1.807, 2.05) is 66.9 Å². The van der Waals surface area contributed by atoms with Crippen molar-refractivity contribution in [1.29, 1.82) is 0 Å². The number of carbonyl (C=O) groups excluding carboxylic acids is 2. The van der Waals surface area contributed by atoms with Crippen LogP contribution in [0.1, 0.15) is 45.8 Å². The van der Waals surface area contributed by atoms with Gasteiger partial charge in [-0.25, -0.2) is 0 Å². The molecule has 1 fully saturated rings. The summed E-state index contributed by atoms with van der Waals surface area (Å²) >= 11 is 0. The minimum absolute atomic E-state index is 0.0655. The topological polar surface area (TPSA) is 65.5 Å². The highest BCUT2D eigenvalue weighted by Gasteiger charge is 2.43. The van der Waals surface area contributed by atoms with Crippen LogP contribution < -0.4 is 9.47 Å². The van der Waals surface area contributed by atoms with Crippen molar-refractivity contribution in [3.05, 3.63) is 101 Å². The van der Waals surface area contributed by atoms with E-state index in [2.05, 4.69) is 11.1 Å². The number of hydrogen-bond donors (Lipinski definition) is 0. The van der Waals surface area contributed by atoms with Gasteiger partial charge in [0.05, 0.1) is 0 Å². The molecule has 6 rings (SSSR count). The van der Waals surface area contributed by atoms with E-state index in [-0.39, 0.29) is 30.2 Å². The molecule has 35 heavy (non-hydrogen) atoms. The van der Waals surface area contributed by atoms with Crippen molar-refractivity contribution in [1.82, 2.24) is 4.98 Å². The van der Waals surface area contributed by atoms with Gasteiger partial charge in [-0.2, -0.15) is 0 Å². The van der Waals surface area contributed by atoms with Gasteiger partial charge in [0.25, 0.3) is 0 Å². The van der Waals surface area contributed by atoms with Crippen LogP contribution in [0.2, 0.25) is 0 Å². The fraction of sp³-hybridized carbons (Fsp3) is 0.233. The maximum atomic E-state index is 12.9. The molecular formula is C30H25NO4. The van der Waals surface area contributed by atoms with Gasteiger partial charge in [-0.3, -0.25) is 14.6 Å². The molecule has 5 heteroatoms. The lowest BCUT2D eigenvalue weighted by Gasteiger charge is -2.06. The summed E-state index contributed by atoms with van der Waals surface area (Å²) in [6, 6.07) is 21.7. The Kier molecular flexibility index (Phi) is 5.53. The second kappa shape index (κ2) is 8.99. The Morgan fingerprint density at radius 2 is 1.69 bits per heavy atom. The number of nitrogens with zero attached hydrogens (tertiary/aromatic N) is 1. The normalized spacial score (nSPS) is 17.9. The highest BCUT2D eigenvalue weighted by molar-refractivity contribution is 5.96. The summed E-state index contributed by atoms with van der Waals surface area (Å²) in [5, 5.41) is 2.19. The SMILES string of the molecule is O=C(CCc1ccc2c(c1)OCO2)c1ccc([C@@H]2C[C@H]2C(=O)Cc2ccc3cnccc3c2)cc1. The Morgan fingerprint density at radius 1 is 0.857 bits per heavy atom. The number of ether oxygens (including phenoxy) is 2. The number of rotatable bonds is 8. The molecule has 2 heterocycles. The molecule has 1 aliphatic heterocycles. The number of aryl methyl sites for hydroxylation is 1. The van der Waals surface area contributed by atoms with Crippen LogP contribution in [0.25, 0.3) is 10.8 Å². The third kappa shape index (κ3) is 4.54. The molecular weight excluding hydrogens is 438 g/mol. The number of fused-ring (bicyclic) bond motifs is 2. The van der Waals surface area contributed by atoms with Crippen LogP contribution in [0.3, 0.4) is 0 Å². The number of benzene rings is 3. The molecule has 5 nitrogen and oxygen atoms in total. The lowest BCUT2D eigenvalue weighted by Crippen LogP contribution is -2.06. The second-order valence-electron chi connectivity index (χ2n) is 9.38. The minimum Gasteiger partial charge on any atom is -0.454 e. The fourth-order valence-electron chi connectivity index (χ4n) is 4.91. The smallest absolute Gasteiger partial charge is 0.231 e. The van der Waals surface area contributed by atoms with Crippen LogP contribution in [-0.2, 0) is 17.6 Å². The fourth-order valence-corrected chi connectivity index (χ4v) is 4.91. The van der Waals surface area contributed by atoms with Gasteiger partial charge in [0.1, 0.15) is 5.78 Å². The van der Waals surface area contributed by atoms with E-state index < -0.39 is 0 Å². The molecule has 0 radical (unpaired) electrons. The molecule has 0 saturated heterocycles. The van der Waals surface area contributed by atoms with E-state index in [1.54, 1.807) is 6.20 Å². The van der Waals surface area contributed by atoms with Crippen LogP contribution in [0.15, 0.2) is 79.1 Å². The number of hydrogen-bond acceptors (Lipinski definition) is 5. The van der Waals surface area contributed by atoms with Crippen molar-refractivity contribution in [2.75, 3.05) is 6.79 Å². The third-order valence-electron chi connectivity index (χ3n) is 7.03. The van der Waals surface area contributed by atoms with Crippen molar-refractivity contribution in [2.45, 2.75) is 31.6 Å². The van der Waals surface area contributed by atoms with E-state index in [0.717, 1.165) is 45.4 Å². The molecule has 0 amide bonds. The Hall–Kier alpha value is -3.99. The molecule has 0 bridgehead atoms. The van der Waals surface area contributed by atoms with E-state index >= 15 is 0 Å². The predicted molar refractivity (Wildman–Crippen MR) is 133 cm³/mol. The highest BCUT2D eigenvalue weighted by Crippen LogP contribution is 2.48. The van der Waals surface area contributed by atoms with Crippen molar-refractivity contribution >= 4 is 22.3 Å². The molecule has 0 unspecified atom stereocenters. The molecule has 1 aliphatic carbocycles. The summed E-state index contributed by atoms with van der Waals surface area (Å²) in [6.45, 7) is 0.249. The minimum atomic E-state index is 0.0655. The highest BCUT2D eigenvalue weighted by atomic mass is 16.7. The quantitative estimate of drug-likeness (QED) is 0.314. The molecule has 174 valence electrons. The molecule has 3 aromatic carbocycles. The van der Waals surface area contributed by atoms with Gasteiger partial charge >= 0.3 is 0 Å². The average Bonchev–Trinajstić information content (AvgIpc) is 3.57. The number of aromatic nitrogens is 1. The lowest BCUT2D eigenvalue weighted by molar-refractivity contribution is -0.119. The number of carbonyl (C=O) groups is 2. The molecule has 0 spiro atoms. The van der Waals surface area contributed by atoms with E-state index in [1.165, 1.54) is 0 Å². The largest absolute Gasteiger partial charge is 0.454 e. The molecule has 0 N–H and O–H groups in total. The second-order valence-corrected chi connectivity index (χ2v) is 9.38. The van der Waals surface area contributed by atoms with Crippen LogP contribution in [-0.4, -0.2) is 23.3 Å². The van der Waals surface area contributed by atoms with Gasteiger partial charge in [-0.05, 0) is 59.0 Å². The molecule has 2 aliphatic rings. The summed E-state index contributed by atoms with van der Waals surface area (Å²) in [5.41, 5.74) is 3.95. The van der Waals surface area contributed by atoms with Gasteiger partial charge in [0.2, 0.25) is 6.79 Å². The van der Waals surface area contributed by atoms with Gasteiger partial charge in [-0.15, -0.1) is 0 Å². The lowest BCUT2D eigenvalue weighted by atomic mass is 9.98. The zero-order chi connectivity index (χ0) is 23.8. The Balaban J connectivity index is 1.04. The van der Waals surface area contributed by atoms with Gasteiger partial charge in [0.15, 0.2) is 17.3 Å². The summed E-state index contributed by atoms with van der Waals surface area (Å²) in [7, 11) is 0. The van der Waals surface area contributed by atoms with Crippen LogP contribution >= 0.6 is 0 Å². The average molecular weight is 464 g/mol. The van der Waals surface area contributed by atoms with Crippen molar-refractivity contribution in [3.63, 3.8) is 0 Å².